The maximum atomic E-state index is 13.5. The number of carbonyl (C=O) groups is 1. The van der Waals surface area contributed by atoms with Crippen LogP contribution in [-0.2, 0) is 4.79 Å². The largest absolute Gasteiger partial charge is 0.390 e. The number of hydrogen-bond donors (Lipinski definition) is 2. The Morgan fingerprint density at radius 1 is 1.27 bits per heavy atom. The molecule has 0 radical (unpaired) electrons. The lowest BCUT2D eigenvalue weighted by Crippen LogP contribution is -2.56. The summed E-state index contributed by atoms with van der Waals surface area (Å²) in [5.74, 6) is 1.39. The number of likely N-dealkylation sites (tertiary alicyclic amines) is 1. The summed E-state index contributed by atoms with van der Waals surface area (Å²) in [5, 5.41) is 14.2. The van der Waals surface area contributed by atoms with Crippen LogP contribution in [0.1, 0.15) is 75.2 Å². The average molecular weight is 411 g/mol. The Morgan fingerprint density at radius 2 is 2.03 bits per heavy atom. The summed E-state index contributed by atoms with van der Waals surface area (Å²) in [6, 6.07) is 3.40. The number of hydrogen-bond acceptors (Lipinski definition) is 4. The minimum absolute atomic E-state index is 0.0148. The SMILES string of the molecule is Cc1cc(=O)n2[nH]c(C3CCCN3C(=O)CC34CC5CC(CC(O)(C5)C3)C4)cc2n1. The van der Waals surface area contributed by atoms with E-state index >= 15 is 0 Å². The van der Waals surface area contributed by atoms with E-state index in [0.29, 0.717) is 29.6 Å². The second kappa shape index (κ2) is 6.19. The van der Waals surface area contributed by atoms with E-state index in [1.54, 1.807) is 0 Å². The van der Waals surface area contributed by atoms with Crippen molar-refractivity contribution >= 4 is 11.6 Å². The summed E-state index contributed by atoms with van der Waals surface area (Å²) in [4.78, 5) is 32.2. The number of nitrogens with one attached hydrogen (secondary N) is 1. The molecule has 30 heavy (non-hydrogen) atoms. The van der Waals surface area contributed by atoms with Crippen LogP contribution in [-0.4, -0.2) is 42.7 Å². The van der Waals surface area contributed by atoms with Gasteiger partial charge in [0.2, 0.25) is 5.91 Å². The van der Waals surface area contributed by atoms with Gasteiger partial charge in [0.25, 0.3) is 5.56 Å². The molecule has 2 aromatic heterocycles. The summed E-state index contributed by atoms with van der Waals surface area (Å²) >= 11 is 0. The van der Waals surface area contributed by atoms with E-state index in [2.05, 4.69) is 10.1 Å². The fourth-order valence-electron chi connectivity index (χ4n) is 7.72. The first-order chi connectivity index (χ1) is 14.3. The number of amides is 1. The minimum Gasteiger partial charge on any atom is -0.390 e. The van der Waals surface area contributed by atoms with Gasteiger partial charge in [-0.05, 0) is 75.5 Å². The number of rotatable bonds is 3. The van der Waals surface area contributed by atoms with Gasteiger partial charge in [-0.15, -0.1) is 0 Å². The molecule has 5 aliphatic rings. The van der Waals surface area contributed by atoms with Crippen molar-refractivity contribution in [1.29, 1.82) is 0 Å². The average Bonchev–Trinajstić information content (AvgIpc) is 3.25. The molecule has 3 unspecified atom stereocenters. The molecule has 1 amide bonds. The van der Waals surface area contributed by atoms with Crippen LogP contribution in [0.2, 0.25) is 0 Å². The fraction of sp³-hybridized carbons (Fsp3) is 0.696. The number of aromatic amines is 1. The molecule has 3 atom stereocenters. The predicted octanol–water partition coefficient (Wildman–Crippen LogP) is 2.72. The number of H-pyrrole nitrogens is 1. The van der Waals surface area contributed by atoms with Gasteiger partial charge < -0.3 is 10.0 Å². The van der Waals surface area contributed by atoms with Crippen molar-refractivity contribution in [2.75, 3.05) is 6.54 Å². The summed E-state index contributed by atoms with van der Waals surface area (Å²) in [5.41, 5.74) is 1.53. The third kappa shape index (κ3) is 2.85. The normalized spacial score (nSPS) is 37.4. The Morgan fingerprint density at radius 3 is 2.77 bits per heavy atom. The van der Waals surface area contributed by atoms with Gasteiger partial charge in [0.1, 0.15) is 0 Å². The fourth-order valence-corrected chi connectivity index (χ4v) is 7.72. The highest BCUT2D eigenvalue weighted by Crippen LogP contribution is 2.63. The summed E-state index contributed by atoms with van der Waals surface area (Å²) < 4.78 is 1.47. The van der Waals surface area contributed by atoms with E-state index < -0.39 is 5.60 Å². The molecule has 7 heteroatoms. The van der Waals surface area contributed by atoms with Crippen LogP contribution in [0.25, 0.3) is 5.65 Å². The lowest BCUT2D eigenvalue weighted by atomic mass is 9.47. The quantitative estimate of drug-likeness (QED) is 0.814. The molecule has 5 fully saturated rings. The van der Waals surface area contributed by atoms with E-state index in [4.69, 9.17) is 0 Å². The summed E-state index contributed by atoms with van der Waals surface area (Å²) in [6.45, 7) is 2.58. The van der Waals surface area contributed by atoms with E-state index in [1.807, 2.05) is 17.9 Å². The highest BCUT2D eigenvalue weighted by molar-refractivity contribution is 5.78. The number of nitrogens with zero attached hydrogens (tertiary/aromatic N) is 3. The van der Waals surface area contributed by atoms with Gasteiger partial charge in [-0.2, -0.15) is 0 Å². The standard InChI is InChI=1S/C23H30N4O3/c1-14-5-20(28)27-19(24-14)7-17(25-27)18-3-2-4-26(18)21(29)12-22-8-15-6-16(9-22)11-23(30,10-15)13-22/h5,7,15-16,18,25,30H,2-4,6,8-13H2,1H3. The third-order valence-corrected chi connectivity index (χ3v) is 8.21. The molecule has 7 rings (SSSR count). The molecule has 4 saturated carbocycles. The zero-order valence-corrected chi connectivity index (χ0v) is 17.6. The second-order valence-corrected chi connectivity index (χ2v) is 10.7. The summed E-state index contributed by atoms with van der Waals surface area (Å²) in [6.07, 6.45) is 8.51. The molecule has 1 saturated heterocycles. The van der Waals surface area contributed by atoms with Crippen molar-refractivity contribution in [3.63, 3.8) is 0 Å². The molecule has 3 heterocycles. The first-order valence-corrected chi connectivity index (χ1v) is 11.4. The van der Waals surface area contributed by atoms with Gasteiger partial charge in [-0.25, -0.2) is 9.50 Å². The number of carbonyl (C=O) groups excluding carboxylic acids is 1. The van der Waals surface area contributed by atoms with Crippen molar-refractivity contribution in [3.8, 4) is 0 Å². The second-order valence-electron chi connectivity index (χ2n) is 10.7. The Labute approximate surface area is 175 Å². The minimum atomic E-state index is -0.531. The first-order valence-electron chi connectivity index (χ1n) is 11.4. The lowest BCUT2D eigenvalue weighted by molar-refractivity contribution is -0.172. The van der Waals surface area contributed by atoms with Crippen LogP contribution < -0.4 is 5.56 Å². The molecule has 2 N–H and O–H groups in total. The van der Waals surface area contributed by atoms with Crippen LogP contribution in [0, 0.1) is 24.2 Å². The number of aliphatic hydroxyl groups is 1. The Hall–Kier alpha value is -2.15. The molecule has 160 valence electrons. The molecule has 1 aliphatic heterocycles. The van der Waals surface area contributed by atoms with E-state index in [-0.39, 0.29) is 22.9 Å². The van der Waals surface area contributed by atoms with E-state index in [0.717, 1.165) is 57.2 Å². The van der Waals surface area contributed by atoms with Crippen molar-refractivity contribution in [2.24, 2.45) is 17.3 Å². The zero-order chi connectivity index (χ0) is 20.7. The van der Waals surface area contributed by atoms with Gasteiger partial charge in [0, 0.05) is 30.8 Å². The Bertz CT molecular complexity index is 1070. The maximum Gasteiger partial charge on any atom is 0.272 e. The van der Waals surface area contributed by atoms with Crippen molar-refractivity contribution in [1.82, 2.24) is 19.5 Å². The zero-order valence-electron chi connectivity index (χ0n) is 17.6. The Kier molecular flexibility index (Phi) is 3.84. The number of aryl methyl sites for hydroxylation is 1. The van der Waals surface area contributed by atoms with Crippen molar-refractivity contribution < 1.29 is 9.90 Å². The van der Waals surface area contributed by atoms with E-state index in [1.165, 1.54) is 17.0 Å². The predicted molar refractivity (Wildman–Crippen MR) is 111 cm³/mol. The molecular weight excluding hydrogens is 380 g/mol. The smallest absolute Gasteiger partial charge is 0.272 e. The lowest BCUT2D eigenvalue weighted by Gasteiger charge is -2.60. The molecular formula is C23H30N4O3. The van der Waals surface area contributed by atoms with Gasteiger partial charge in [0.15, 0.2) is 5.65 Å². The molecule has 0 aromatic carbocycles. The maximum absolute atomic E-state index is 13.5. The number of aromatic nitrogens is 3. The van der Waals surface area contributed by atoms with Crippen LogP contribution in [0.5, 0.6) is 0 Å². The van der Waals surface area contributed by atoms with Crippen LogP contribution in [0.3, 0.4) is 0 Å². The molecule has 2 aromatic rings. The van der Waals surface area contributed by atoms with Gasteiger partial charge in [0.05, 0.1) is 17.3 Å². The molecule has 7 nitrogen and oxygen atoms in total. The van der Waals surface area contributed by atoms with Gasteiger partial charge in [-0.3, -0.25) is 14.7 Å². The first kappa shape index (κ1) is 18.6. The molecule has 4 bridgehead atoms. The van der Waals surface area contributed by atoms with E-state index in [9.17, 15) is 14.7 Å². The topological polar surface area (TPSA) is 90.7 Å². The third-order valence-electron chi connectivity index (χ3n) is 8.21. The monoisotopic (exact) mass is 410 g/mol. The number of fused-ring (bicyclic) bond motifs is 1. The van der Waals surface area contributed by atoms with Gasteiger partial charge >= 0.3 is 0 Å². The van der Waals surface area contributed by atoms with Gasteiger partial charge in [-0.1, -0.05) is 0 Å². The Balaban J connectivity index is 1.26. The van der Waals surface area contributed by atoms with Crippen LogP contribution in [0.4, 0.5) is 0 Å². The van der Waals surface area contributed by atoms with Crippen LogP contribution in [0.15, 0.2) is 16.9 Å². The molecule has 0 spiro atoms. The highest BCUT2D eigenvalue weighted by Gasteiger charge is 2.57. The molecule has 4 aliphatic carbocycles. The highest BCUT2D eigenvalue weighted by atomic mass is 16.3. The van der Waals surface area contributed by atoms with Crippen molar-refractivity contribution in [3.05, 3.63) is 33.9 Å². The van der Waals surface area contributed by atoms with Crippen LogP contribution >= 0.6 is 0 Å². The summed E-state index contributed by atoms with van der Waals surface area (Å²) in [7, 11) is 0. The van der Waals surface area contributed by atoms with Crippen molar-refractivity contribution in [2.45, 2.75) is 76.4 Å².